The highest BCUT2D eigenvalue weighted by molar-refractivity contribution is 7.99. The topological polar surface area (TPSA) is 80.5 Å². The van der Waals surface area contributed by atoms with E-state index >= 15 is 0 Å². The lowest BCUT2D eigenvalue weighted by atomic mass is 10.2. The first kappa shape index (κ1) is 20.1. The van der Waals surface area contributed by atoms with Gasteiger partial charge in [0.25, 0.3) is 0 Å². The van der Waals surface area contributed by atoms with Crippen molar-refractivity contribution in [3.05, 3.63) is 53.4 Å². The minimum atomic E-state index is -0.0611. The fourth-order valence-electron chi connectivity index (χ4n) is 2.92. The van der Waals surface area contributed by atoms with Gasteiger partial charge >= 0.3 is 0 Å². The van der Waals surface area contributed by atoms with Gasteiger partial charge in [0.05, 0.1) is 30.4 Å². The first-order valence-electron chi connectivity index (χ1n) is 9.38. The van der Waals surface area contributed by atoms with E-state index in [1.807, 2.05) is 35.7 Å². The molecule has 3 aromatic rings. The Bertz CT molecular complexity index is 923. The van der Waals surface area contributed by atoms with Crippen molar-refractivity contribution in [2.45, 2.75) is 12.3 Å². The van der Waals surface area contributed by atoms with Crippen LogP contribution in [0, 0.1) is 0 Å². The minimum Gasteiger partial charge on any atom is -0.444 e. The molecule has 0 atom stereocenters. The molecule has 0 unspecified atom stereocenters. The molecule has 1 aliphatic heterocycles. The number of hydrogen-bond donors (Lipinski definition) is 1. The van der Waals surface area contributed by atoms with Crippen molar-refractivity contribution in [1.29, 1.82) is 0 Å². The lowest BCUT2D eigenvalue weighted by molar-refractivity contribution is -0.113. The molecule has 1 fully saturated rings. The van der Waals surface area contributed by atoms with Crippen LogP contribution in [0.3, 0.4) is 0 Å². The molecule has 0 saturated carbocycles. The van der Waals surface area contributed by atoms with Crippen LogP contribution in [0.1, 0.15) is 11.4 Å². The number of thiazole rings is 1. The number of nitrogens with one attached hydrogen (secondary N) is 1. The number of morpholine rings is 1. The Morgan fingerprint density at radius 1 is 1.17 bits per heavy atom. The van der Waals surface area contributed by atoms with Gasteiger partial charge in [-0.15, -0.1) is 23.1 Å². The van der Waals surface area contributed by atoms with Crippen molar-refractivity contribution < 1.29 is 13.9 Å². The SMILES string of the molecule is O=C(CSCc1coc(-c2ccccc2)n1)Nc1nc(CN2CCOCC2)cs1. The van der Waals surface area contributed by atoms with E-state index in [1.54, 1.807) is 6.26 Å². The predicted octanol–water partition coefficient (Wildman–Crippen LogP) is 3.50. The summed E-state index contributed by atoms with van der Waals surface area (Å²) in [7, 11) is 0. The zero-order valence-electron chi connectivity index (χ0n) is 15.9. The van der Waals surface area contributed by atoms with Crippen molar-refractivity contribution in [2.75, 3.05) is 37.4 Å². The Balaban J connectivity index is 1.20. The molecule has 0 aliphatic carbocycles. The Hall–Kier alpha value is -2.20. The smallest absolute Gasteiger partial charge is 0.236 e. The maximum absolute atomic E-state index is 12.2. The summed E-state index contributed by atoms with van der Waals surface area (Å²) in [5.41, 5.74) is 2.75. The third-order valence-electron chi connectivity index (χ3n) is 4.34. The summed E-state index contributed by atoms with van der Waals surface area (Å²) in [5, 5.41) is 5.52. The predicted molar refractivity (Wildman–Crippen MR) is 115 cm³/mol. The van der Waals surface area contributed by atoms with E-state index in [1.165, 1.54) is 23.1 Å². The lowest BCUT2D eigenvalue weighted by Gasteiger charge is -2.25. The number of rotatable bonds is 8. The molecule has 3 heterocycles. The molecule has 4 rings (SSSR count). The van der Waals surface area contributed by atoms with E-state index in [0.29, 0.717) is 22.5 Å². The summed E-state index contributed by atoms with van der Waals surface area (Å²) in [4.78, 5) is 23.5. The second kappa shape index (κ2) is 10.0. The van der Waals surface area contributed by atoms with Gasteiger partial charge in [0.1, 0.15) is 6.26 Å². The molecule has 1 amide bonds. The molecule has 0 spiro atoms. The molecule has 2 aromatic heterocycles. The van der Waals surface area contributed by atoms with Crippen molar-refractivity contribution in [1.82, 2.24) is 14.9 Å². The normalized spacial score (nSPS) is 14.8. The van der Waals surface area contributed by atoms with Crippen molar-refractivity contribution in [3.63, 3.8) is 0 Å². The number of carbonyl (C=O) groups excluding carboxylic acids is 1. The van der Waals surface area contributed by atoms with E-state index in [2.05, 4.69) is 20.2 Å². The number of aromatic nitrogens is 2. The number of ether oxygens (including phenoxy) is 1. The number of thioether (sulfide) groups is 1. The molecule has 1 aliphatic rings. The van der Waals surface area contributed by atoms with E-state index in [-0.39, 0.29) is 5.91 Å². The molecule has 9 heteroatoms. The number of hydrogen-bond acceptors (Lipinski definition) is 8. The Morgan fingerprint density at radius 2 is 2.00 bits per heavy atom. The van der Waals surface area contributed by atoms with Crippen LogP contribution in [-0.2, 0) is 21.8 Å². The molecule has 0 radical (unpaired) electrons. The van der Waals surface area contributed by atoms with E-state index in [9.17, 15) is 4.79 Å². The monoisotopic (exact) mass is 430 g/mol. The highest BCUT2D eigenvalue weighted by Crippen LogP contribution is 2.21. The van der Waals surface area contributed by atoms with Crippen molar-refractivity contribution >= 4 is 34.1 Å². The van der Waals surface area contributed by atoms with Gasteiger partial charge < -0.3 is 14.5 Å². The molecule has 1 saturated heterocycles. The van der Waals surface area contributed by atoms with Gasteiger partial charge in [-0.05, 0) is 12.1 Å². The fourth-order valence-corrected chi connectivity index (χ4v) is 4.33. The number of anilines is 1. The summed E-state index contributed by atoms with van der Waals surface area (Å²) in [6, 6.07) is 9.76. The summed E-state index contributed by atoms with van der Waals surface area (Å²) in [6.45, 7) is 4.17. The average Bonchev–Trinajstić information content (AvgIpc) is 3.39. The van der Waals surface area contributed by atoms with E-state index in [0.717, 1.165) is 49.8 Å². The highest BCUT2D eigenvalue weighted by atomic mass is 32.2. The Labute approximate surface area is 177 Å². The van der Waals surface area contributed by atoms with Crippen LogP contribution in [0.2, 0.25) is 0 Å². The molecule has 1 aromatic carbocycles. The second-order valence-electron chi connectivity index (χ2n) is 6.58. The summed E-state index contributed by atoms with van der Waals surface area (Å²) < 4.78 is 10.9. The van der Waals surface area contributed by atoms with E-state index in [4.69, 9.17) is 9.15 Å². The Kier molecular flexibility index (Phi) is 6.94. The third kappa shape index (κ3) is 5.89. The number of carbonyl (C=O) groups is 1. The van der Waals surface area contributed by atoms with Gasteiger partial charge in [-0.3, -0.25) is 9.69 Å². The van der Waals surface area contributed by atoms with Gasteiger partial charge in [0, 0.05) is 36.3 Å². The summed E-state index contributed by atoms with van der Waals surface area (Å²) >= 11 is 2.96. The molecule has 7 nitrogen and oxygen atoms in total. The van der Waals surface area contributed by atoms with Crippen molar-refractivity contribution in [3.8, 4) is 11.5 Å². The first-order chi connectivity index (χ1) is 14.3. The molecule has 152 valence electrons. The van der Waals surface area contributed by atoms with Crippen LogP contribution in [-0.4, -0.2) is 52.8 Å². The van der Waals surface area contributed by atoms with Gasteiger partial charge in [0.15, 0.2) is 5.13 Å². The summed E-state index contributed by atoms with van der Waals surface area (Å²) in [5.74, 6) is 1.49. The summed E-state index contributed by atoms with van der Waals surface area (Å²) in [6.07, 6.45) is 1.64. The molecule has 29 heavy (non-hydrogen) atoms. The average molecular weight is 431 g/mol. The van der Waals surface area contributed by atoms with Gasteiger partial charge in [-0.2, -0.15) is 0 Å². The number of benzene rings is 1. The lowest BCUT2D eigenvalue weighted by Crippen LogP contribution is -2.35. The molecular formula is C20H22N4O3S2. The van der Waals surface area contributed by atoms with Crippen LogP contribution >= 0.6 is 23.1 Å². The highest BCUT2D eigenvalue weighted by Gasteiger charge is 2.14. The fraction of sp³-hybridized carbons (Fsp3) is 0.350. The zero-order chi connectivity index (χ0) is 19.9. The third-order valence-corrected chi connectivity index (χ3v) is 6.12. The number of amides is 1. The van der Waals surface area contributed by atoms with Gasteiger partial charge in [-0.1, -0.05) is 18.2 Å². The maximum atomic E-state index is 12.2. The molecule has 1 N–H and O–H groups in total. The first-order valence-corrected chi connectivity index (χ1v) is 11.4. The van der Waals surface area contributed by atoms with Crippen LogP contribution in [0.5, 0.6) is 0 Å². The molecule has 0 bridgehead atoms. The van der Waals surface area contributed by atoms with E-state index < -0.39 is 0 Å². The standard InChI is InChI=1S/C20H22N4O3S2/c25-18(23-20-22-16(13-29-20)10-24-6-8-26-9-7-24)14-28-12-17-11-27-19(21-17)15-4-2-1-3-5-15/h1-5,11,13H,6-10,12,14H2,(H,22,23,25). The van der Waals surface area contributed by atoms with Gasteiger partial charge in [-0.25, -0.2) is 9.97 Å². The van der Waals surface area contributed by atoms with Crippen LogP contribution in [0.25, 0.3) is 11.5 Å². The molecular weight excluding hydrogens is 408 g/mol. The van der Waals surface area contributed by atoms with Crippen LogP contribution in [0.4, 0.5) is 5.13 Å². The number of oxazole rings is 1. The zero-order valence-corrected chi connectivity index (χ0v) is 17.5. The number of nitrogens with zero attached hydrogens (tertiary/aromatic N) is 3. The minimum absolute atomic E-state index is 0.0611. The van der Waals surface area contributed by atoms with Crippen molar-refractivity contribution in [2.24, 2.45) is 0 Å². The second-order valence-corrected chi connectivity index (χ2v) is 8.43. The largest absolute Gasteiger partial charge is 0.444 e. The van der Waals surface area contributed by atoms with Crippen LogP contribution in [0.15, 0.2) is 46.4 Å². The van der Waals surface area contributed by atoms with Gasteiger partial charge in [0.2, 0.25) is 11.8 Å². The Morgan fingerprint density at radius 3 is 2.83 bits per heavy atom. The quantitative estimate of drug-likeness (QED) is 0.586. The van der Waals surface area contributed by atoms with Crippen LogP contribution < -0.4 is 5.32 Å². The maximum Gasteiger partial charge on any atom is 0.236 e.